The van der Waals surface area contributed by atoms with Gasteiger partial charge in [0.1, 0.15) is 6.54 Å². The normalized spacial score (nSPS) is 11.0. The van der Waals surface area contributed by atoms with Crippen LogP contribution in [0.1, 0.15) is 24.2 Å². The highest BCUT2D eigenvalue weighted by Crippen LogP contribution is 2.30. The lowest BCUT2D eigenvalue weighted by atomic mass is 10.2. The van der Waals surface area contributed by atoms with Crippen molar-refractivity contribution >= 4 is 39.1 Å². The third-order valence-electron chi connectivity index (χ3n) is 4.50. The molecule has 0 unspecified atom stereocenters. The van der Waals surface area contributed by atoms with Gasteiger partial charge in [0.2, 0.25) is 5.91 Å². The second-order valence-electron chi connectivity index (χ2n) is 7.33. The highest BCUT2D eigenvalue weighted by atomic mass is 32.1. The minimum atomic E-state index is -0.477. The Hall–Kier alpha value is -3.85. The minimum absolute atomic E-state index is 0.249. The summed E-state index contributed by atoms with van der Waals surface area (Å²) < 4.78 is 6.19. The summed E-state index contributed by atoms with van der Waals surface area (Å²) in [6.07, 6.45) is -0.249. The van der Waals surface area contributed by atoms with E-state index in [9.17, 15) is 14.4 Å². The smallest absolute Gasteiger partial charge is 0.338 e. The maximum absolute atomic E-state index is 12.8. The third kappa shape index (κ3) is 4.73. The number of ether oxygens (including phenoxy) is 1. The molecule has 0 bridgehead atoms. The summed E-state index contributed by atoms with van der Waals surface area (Å²) in [4.78, 5) is 38.8. The summed E-state index contributed by atoms with van der Waals surface area (Å²) in [5.41, 5.74) is 1.33. The van der Waals surface area contributed by atoms with Gasteiger partial charge in [-0.15, -0.1) is 16.4 Å². The molecule has 0 spiro atoms. The molecule has 0 radical (unpaired) electrons. The van der Waals surface area contributed by atoms with Crippen LogP contribution in [0.15, 0.2) is 65.5 Å². The van der Waals surface area contributed by atoms with Gasteiger partial charge in [0.25, 0.3) is 5.56 Å². The van der Waals surface area contributed by atoms with E-state index in [1.54, 1.807) is 38.1 Å². The van der Waals surface area contributed by atoms with Gasteiger partial charge in [-0.3, -0.25) is 9.59 Å². The van der Waals surface area contributed by atoms with Gasteiger partial charge >= 0.3 is 5.97 Å². The Morgan fingerprint density at radius 3 is 2.62 bits per heavy atom. The second-order valence-corrected chi connectivity index (χ2v) is 8.36. The molecule has 0 fully saturated rings. The molecule has 1 N–H and O–H groups in total. The number of nitrogens with zero attached hydrogens (tertiary/aromatic N) is 3. The van der Waals surface area contributed by atoms with Crippen molar-refractivity contribution < 1.29 is 14.3 Å². The molecule has 8 nitrogen and oxygen atoms in total. The molecule has 9 heteroatoms. The van der Waals surface area contributed by atoms with Gasteiger partial charge < -0.3 is 10.1 Å². The molecule has 2 heterocycles. The number of aromatic nitrogens is 3. The van der Waals surface area contributed by atoms with Gasteiger partial charge in [-0.1, -0.05) is 41.6 Å². The average Bonchev–Trinajstić information content (AvgIpc) is 3.21. The van der Waals surface area contributed by atoms with Crippen LogP contribution in [0, 0.1) is 0 Å². The van der Waals surface area contributed by atoms with Crippen molar-refractivity contribution in [1.82, 2.24) is 15.0 Å². The Bertz CT molecular complexity index is 1350. The van der Waals surface area contributed by atoms with E-state index in [1.807, 2.05) is 30.3 Å². The van der Waals surface area contributed by atoms with Crippen LogP contribution in [-0.2, 0) is 16.1 Å². The first-order valence-corrected chi connectivity index (χ1v) is 10.8. The lowest BCUT2D eigenvalue weighted by molar-refractivity contribution is -0.117. The van der Waals surface area contributed by atoms with Crippen LogP contribution in [0.3, 0.4) is 0 Å². The SMILES string of the molecule is CC(C)OC(=O)c1cccc(NC(=O)Cn2nnc3sc(-c4ccccc4)cc3c2=O)c1. The predicted molar refractivity (Wildman–Crippen MR) is 123 cm³/mol. The van der Waals surface area contributed by atoms with Crippen LogP contribution in [0.4, 0.5) is 5.69 Å². The van der Waals surface area contributed by atoms with E-state index in [-0.39, 0.29) is 12.6 Å². The van der Waals surface area contributed by atoms with Crippen LogP contribution in [-0.4, -0.2) is 33.0 Å². The number of nitrogens with one attached hydrogen (secondary N) is 1. The van der Waals surface area contributed by atoms with Crippen molar-refractivity contribution in [3.8, 4) is 10.4 Å². The summed E-state index contributed by atoms with van der Waals surface area (Å²) in [5.74, 6) is -0.941. The quantitative estimate of drug-likeness (QED) is 0.451. The van der Waals surface area contributed by atoms with Crippen molar-refractivity contribution in [3.63, 3.8) is 0 Å². The number of amides is 1. The standard InChI is InChI=1S/C23H20N4O4S/c1-14(2)31-23(30)16-9-6-10-17(11-16)24-20(28)13-27-22(29)18-12-19(32-21(18)25-26-27)15-7-4-3-5-8-15/h3-12,14H,13H2,1-2H3,(H,24,28). The summed E-state index contributed by atoms with van der Waals surface area (Å²) in [5, 5.41) is 11.1. The van der Waals surface area contributed by atoms with E-state index in [1.165, 1.54) is 17.4 Å². The average molecular weight is 449 g/mol. The molecule has 32 heavy (non-hydrogen) atoms. The maximum Gasteiger partial charge on any atom is 0.338 e. The fourth-order valence-electron chi connectivity index (χ4n) is 3.07. The monoisotopic (exact) mass is 448 g/mol. The fraction of sp³-hybridized carbons (Fsp3) is 0.174. The Kier molecular flexibility index (Phi) is 6.09. The lowest BCUT2D eigenvalue weighted by Gasteiger charge is -2.10. The summed E-state index contributed by atoms with van der Waals surface area (Å²) in [6.45, 7) is 3.21. The molecule has 0 saturated carbocycles. The topological polar surface area (TPSA) is 103 Å². The molecule has 0 aliphatic rings. The molecule has 162 valence electrons. The summed E-state index contributed by atoms with van der Waals surface area (Å²) in [6, 6.07) is 17.8. The molecule has 0 aliphatic carbocycles. The number of rotatable bonds is 6. The first-order chi connectivity index (χ1) is 15.4. The number of anilines is 1. The van der Waals surface area contributed by atoms with E-state index in [2.05, 4.69) is 15.6 Å². The van der Waals surface area contributed by atoms with E-state index in [0.717, 1.165) is 15.1 Å². The van der Waals surface area contributed by atoms with Crippen LogP contribution in [0.25, 0.3) is 20.7 Å². The fourth-order valence-corrected chi connectivity index (χ4v) is 4.05. The molecule has 4 aromatic rings. The highest BCUT2D eigenvalue weighted by molar-refractivity contribution is 7.21. The lowest BCUT2D eigenvalue weighted by Crippen LogP contribution is -2.30. The zero-order chi connectivity index (χ0) is 22.7. The first kappa shape index (κ1) is 21.4. The minimum Gasteiger partial charge on any atom is -0.459 e. The molecular formula is C23H20N4O4S. The number of hydrogen-bond acceptors (Lipinski definition) is 7. The van der Waals surface area contributed by atoms with Crippen molar-refractivity contribution in [3.05, 3.63) is 76.6 Å². The molecule has 0 saturated heterocycles. The van der Waals surface area contributed by atoms with Gasteiger partial charge in [-0.25, -0.2) is 9.48 Å². The maximum atomic E-state index is 12.8. The number of thiophene rings is 1. The number of benzene rings is 2. The number of hydrogen-bond donors (Lipinski definition) is 1. The molecular weight excluding hydrogens is 428 g/mol. The molecule has 1 amide bonds. The van der Waals surface area contributed by atoms with Crippen LogP contribution in [0.2, 0.25) is 0 Å². The Labute approximate surface area is 187 Å². The zero-order valence-corrected chi connectivity index (χ0v) is 18.3. The van der Waals surface area contributed by atoms with E-state index < -0.39 is 17.4 Å². The Balaban J connectivity index is 1.51. The van der Waals surface area contributed by atoms with Crippen LogP contribution < -0.4 is 10.9 Å². The van der Waals surface area contributed by atoms with E-state index in [4.69, 9.17) is 4.74 Å². The first-order valence-electron chi connectivity index (χ1n) is 9.94. The van der Waals surface area contributed by atoms with Crippen molar-refractivity contribution in [1.29, 1.82) is 0 Å². The third-order valence-corrected chi connectivity index (χ3v) is 5.57. The summed E-state index contributed by atoms with van der Waals surface area (Å²) >= 11 is 1.37. The molecule has 4 rings (SSSR count). The Morgan fingerprint density at radius 1 is 1.09 bits per heavy atom. The zero-order valence-electron chi connectivity index (χ0n) is 17.4. The number of carbonyl (C=O) groups excluding carboxylic acids is 2. The van der Waals surface area contributed by atoms with Crippen LogP contribution >= 0.6 is 11.3 Å². The van der Waals surface area contributed by atoms with Crippen molar-refractivity contribution in [2.24, 2.45) is 0 Å². The van der Waals surface area contributed by atoms with E-state index in [0.29, 0.717) is 21.5 Å². The number of esters is 1. The summed E-state index contributed by atoms with van der Waals surface area (Å²) in [7, 11) is 0. The van der Waals surface area contributed by atoms with Gasteiger partial charge in [0.15, 0.2) is 4.83 Å². The number of fused-ring (bicyclic) bond motifs is 1. The highest BCUT2D eigenvalue weighted by Gasteiger charge is 2.15. The van der Waals surface area contributed by atoms with Gasteiger partial charge in [-0.05, 0) is 43.7 Å². The molecule has 2 aromatic carbocycles. The molecule has 0 aliphatic heterocycles. The van der Waals surface area contributed by atoms with Gasteiger partial charge in [0, 0.05) is 10.6 Å². The molecule has 2 aromatic heterocycles. The number of carbonyl (C=O) groups is 2. The van der Waals surface area contributed by atoms with Crippen molar-refractivity contribution in [2.75, 3.05) is 5.32 Å². The Morgan fingerprint density at radius 2 is 1.88 bits per heavy atom. The van der Waals surface area contributed by atoms with Gasteiger partial charge in [0.05, 0.1) is 17.1 Å². The van der Waals surface area contributed by atoms with E-state index >= 15 is 0 Å². The molecule has 0 atom stereocenters. The predicted octanol–water partition coefficient (Wildman–Crippen LogP) is 3.72. The van der Waals surface area contributed by atoms with Crippen LogP contribution in [0.5, 0.6) is 0 Å². The largest absolute Gasteiger partial charge is 0.459 e. The second kappa shape index (κ2) is 9.11. The van der Waals surface area contributed by atoms with Gasteiger partial charge in [-0.2, -0.15) is 0 Å². The van der Waals surface area contributed by atoms with Crippen molar-refractivity contribution in [2.45, 2.75) is 26.5 Å².